The first-order valence-corrected chi connectivity index (χ1v) is 6.76. The van der Waals surface area contributed by atoms with Gasteiger partial charge >= 0.3 is 0 Å². The zero-order valence-electron chi connectivity index (χ0n) is 9.93. The van der Waals surface area contributed by atoms with Gasteiger partial charge in [-0.2, -0.15) is 11.3 Å². The number of nitrogens with two attached hydrogens (primary N) is 1. The first-order chi connectivity index (χ1) is 8.35. The second-order valence-electron chi connectivity index (χ2n) is 3.86. The molecule has 0 aliphatic rings. The Labute approximate surface area is 106 Å². The molecular formula is C14H17NOS. The number of para-hydroxylation sites is 1. The van der Waals surface area contributed by atoms with Crippen molar-refractivity contribution in [1.82, 2.24) is 0 Å². The second kappa shape index (κ2) is 5.84. The van der Waals surface area contributed by atoms with Gasteiger partial charge < -0.3 is 10.5 Å². The molecular weight excluding hydrogens is 230 g/mol. The van der Waals surface area contributed by atoms with E-state index in [1.165, 1.54) is 5.56 Å². The summed E-state index contributed by atoms with van der Waals surface area (Å²) >= 11 is 1.67. The van der Waals surface area contributed by atoms with E-state index in [-0.39, 0.29) is 6.10 Å². The van der Waals surface area contributed by atoms with Crippen LogP contribution < -0.4 is 10.5 Å². The summed E-state index contributed by atoms with van der Waals surface area (Å²) in [6, 6.07) is 10.2. The highest BCUT2D eigenvalue weighted by molar-refractivity contribution is 7.07. The van der Waals surface area contributed by atoms with Crippen LogP contribution in [0.3, 0.4) is 0 Å². The zero-order chi connectivity index (χ0) is 12.1. The number of hydrogen-bond acceptors (Lipinski definition) is 3. The highest BCUT2D eigenvalue weighted by Gasteiger charge is 2.13. The van der Waals surface area contributed by atoms with Crippen molar-refractivity contribution in [2.75, 3.05) is 6.54 Å². The summed E-state index contributed by atoms with van der Waals surface area (Å²) in [5, 5.41) is 4.14. The predicted molar refractivity (Wildman–Crippen MR) is 72.6 cm³/mol. The Morgan fingerprint density at radius 2 is 2.12 bits per heavy atom. The van der Waals surface area contributed by atoms with Crippen molar-refractivity contribution in [2.45, 2.75) is 19.4 Å². The lowest BCUT2D eigenvalue weighted by Crippen LogP contribution is -2.18. The van der Waals surface area contributed by atoms with E-state index < -0.39 is 0 Å². The van der Waals surface area contributed by atoms with Gasteiger partial charge in [-0.25, -0.2) is 0 Å². The molecule has 17 heavy (non-hydrogen) atoms. The van der Waals surface area contributed by atoms with Crippen molar-refractivity contribution >= 4 is 11.3 Å². The Hall–Kier alpha value is -1.32. The maximum Gasteiger partial charge on any atom is 0.137 e. The van der Waals surface area contributed by atoms with Crippen molar-refractivity contribution in [1.29, 1.82) is 0 Å². The molecule has 1 unspecified atom stereocenters. The minimum Gasteiger partial charge on any atom is -0.484 e. The fourth-order valence-corrected chi connectivity index (χ4v) is 2.48. The van der Waals surface area contributed by atoms with Crippen molar-refractivity contribution in [3.8, 4) is 5.75 Å². The van der Waals surface area contributed by atoms with Crippen LogP contribution in [0.25, 0.3) is 0 Å². The van der Waals surface area contributed by atoms with E-state index >= 15 is 0 Å². The van der Waals surface area contributed by atoms with Crippen LogP contribution in [0.2, 0.25) is 0 Å². The molecule has 2 nitrogen and oxygen atoms in total. The van der Waals surface area contributed by atoms with Gasteiger partial charge in [0.05, 0.1) is 0 Å². The molecule has 1 aromatic carbocycles. The molecule has 3 heteroatoms. The summed E-state index contributed by atoms with van der Waals surface area (Å²) in [5.74, 6) is 0.941. The summed E-state index contributed by atoms with van der Waals surface area (Å²) in [6.45, 7) is 2.62. The average Bonchev–Trinajstić information content (AvgIpc) is 2.90. The molecule has 0 fully saturated rings. The summed E-state index contributed by atoms with van der Waals surface area (Å²) in [4.78, 5) is 0. The molecule has 1 aromatic heterocycles. The molecule has 90 valence electrons. The maximum atomic E-state index is 6.01. The Balaban J connectivity index is 2.18. The highest BCUT2D eigenvalue weighted by atomic mass is 32.1. The lowest BCUT2D eigenvalue weighted by molar-refractivity contribution is 0.212. The van der Waals surface area contributed by atoms with E-state index in [4.69, 9.17) is 10.5 Å². The van der Waals surface area contributed by atoms with Crippen molar-refractivity contribution in [3.63, 3.8) is 0 Å². The molecule has 0 bridgehead atoms. The molecule has 0 aliphatic carbocycles. The van der Waals surface area contributed by atoms with E-state index in [1.54, 1.807) is 11.3 Å². The van der Waals surface area contributed by atoms with Gasteiger partial charge in [-0.1, -0.05) is 25.1 Å². The van der Waals surface area contributed by atoms with Gasteiger partial charge in [0.15, 0.2) is 0 Å². The summed E-state index contributed by atoms with van der Waals surface area (Å²) in [5.41, 5.74) is 8.16. The fourth-order valence-electron chi connectivity index (χ4n) is 1.77. The topological polar surface area (TPSA) is 35.2 Å². The van der Waals surface area contributed by atoms with Gasteiger partial charge in [0.1, 0.15) is 11.9 Å². The molecule has 0 aliphatic heterocycles. The van der Waals surface area contributed by atoms with Crippen LogP contribution in [0.5, 0.6) is 5.75 Å². The number of thiophene rings is 1. The Bertz CT molecular complexity index is 453. The van der Waals surface area contributed by atoms with Crippen LogP contribution in [0.1, 0.15) is 24.2 Å². The smallest absolute Gasteiger partial charge is 0.137 e. The summed E-state index contributed by atoms with van der Waals surface area (Å²) in [6.07, 6.45) is 0.922. The normalized spacial score (nSPS) is 12.4. The van der Waals surface area contributed by atoms with Crippen LogP contribution in [0.4, 0.5) is 0 Å². The molecule has 0 amide bonds. The largest absolute Gasteiger partial charge is 0.484 e. The third-order valence-corrected chi connectivity index (χ3v) is 3.45. The molecule has 0 radical (unpaired) electrons. The molecule has 2 N–H and O–H groups in total. The van der Waals surface area contributed by atoms with E-state index in [2.05, 4.69) is 24.4 Å². The van der Waals surface area contributed by atoms with E-state index in [0.717, 1.165) is 17.7 Å². The number of rotatable bonds is 5. The Morgan fingerprint density at radius 1 is 1.29 bits per heavy atom. The van der Waals surface area contributed by atoms with E-state index in [9.17, 15) is 0 Å². The average molecular weight is 247 g/mol. The van der Waals surface area contributed by atoms with Gasteiger partial charge in [-0.3, -0.25) is 0 Å². The minimum atomic E-state index is -0.0473. The van der Waals surface area contributed by atoms with Gasteiger partial charge in [-0.05, 0) is 34.9 Å². The number of benzene rings is 1. The van der Waals surface area contributed by atoms with Crippen molar-refractivity contribution in [2.24, 2.45) is 5.73 Å². The Kier molecular flexibility index (Phi) is 4.18. The maximum absolute atomic E-state index is 6.01. The van der Waals surface area contributed by atoms with Crippen molar-refractivity contribution < 1.29 is 4.74 Å². The molecule has 0 saturated heterocycles. The molecule has 0 saturated carbocycles. The van der Waals surface area contributed by atoms with Gasteiger partial charge in [0.2, 0.25) is 0 Å². The molecule has 1 heterocycles. The first-order valence-electron chi connectivity index (χ1n) is 5.82. The van der Waals surface area contributed by atoms with E-state index in [1.807, 2.05) is 23.6 Å². The van der Waals surface area contributed by atoms with Crippen LogP contribution in [0, 0.1) is 0 Å². The monoisotopic (exact) mass is 247 g/mol. The third-order valence-electron chi connectivity index (χ3n) is 2.75. The summed E-state index contributed by atoms with van der Waals surface area (Å²) in [7, 11) is 0. The van der Waals surface area contributed by atoms with Crippen LogP contribution in [-0.4, -0.2) is 6.54 Å². The van der Waals surface area contributed by atoms with Crippen LogP contribution in [0.15, 0.2) is 41.1 Å². The van der Waals surface area contributed by atoms with Crippen molar-refractivity contribution in [3.05, 3.63) is 52.2 Å². The van der Waals surface area contributed by atoms with Crippen LogP contribution in [-0.2, 0) is 6.42 Å². The highest BCUT2D eigenvalue weighted by Crippen LogP contribution is 2.26. The quantitative estimate of drug-likeness (QED) is 0.879. The van der Waals surface area contributed by atoms with Crippen LogP contribution >= 0.6 is 11.3 Å². The van der Waals surface area contributed by atoms with E-state index in [0.29, 0.717) is 6.54 Å². The minimum absolute atomic E-state index is 0.0473. The number of hydrogen-bond donors (Lipinski definition) is 1. The first kappa shape index (κ1) is 12.1. The molecule has 1 atom stereocenters. The third kappa shape index (κ3) is 2.87. The van der Waals surface area contributed by atoms with Gasteiger partial charge in [0, 0.05) is 12.1 Å². The lowest BCUT2D eigenvalue weighted by atomic mass is 10.1. The second-order valence-corrected chi connectivity index (χ2v) is 4.64. The molecule has 2 aromatic rings. The number of aryl methyl sites for hydroxylation is 1. The zero-order valence-corrected chi connectivity index (χ0v) is 10.7. The standard InChI is InChI=1S/C14H17NOS/c1-2-11-5-3-4-6-13(11)16-14(9-15)12-7-8-17-10-12/h3-8,10,14H,2,9,15H2,1H3. The summed E-state index contributed by atoms with van der Waals surface area (Å²) < 4.78 is 6.01. The lowest BCUT2D eigenvalue weighted by Gasteiger charge is -2.18. The SMILES string of the molecule is CCc1ccccc1OC(CN)c1ccsc1. The fraction of sp³-hybridized carbons (Fsp3) is 0.286. The molecule has 0 spiro atoms. The number of ether oxygens (including phenoxy) is 1. The predicted octanol–water partition coefficient (Wildman–Crippen LogP) is 3.39. The van der Waals surface area contributed by atoms with Gasteiger partial charge in [0.25, 0.3) is 0 Å². The Morgan fingerprint density at radius 3 is 2.76 bits per heavy atom. The molecule has 2 rings (SSSR count). The van der Waals surface area contributed by atoms with Gasteiger partial charge in [-0.15, -0.1) is 0 Å².